The Morgan fingerprint density at radius 1 is 1.10 bits per heavy atom. The van der Waals surface area contributed by atoms with Crippen LogP contribution in [0.25, 0.3) is 0 Å². The molecule has 0 saturated carbocycles. The zero-order valence-corrected chi connectivity index (χ0v) is 12.7. The van der Waals surface area contributed by atoms with Crippen LogP contribution in [-0.2, 0) is 19.4 Å². The molecule has 0 aliphatic heterocycles. The van der Waals surface area contributed by atoms with Gasteiger partial charge in [-0.2, -0.15) is 0 Å². The van der Waals surface area contributed by atoms with Crippen molar-refractivity contribution >= 4 is 11.5 Å². The van der Waals surface area contributed by atoms with E-state index in [0.717, 1.165) is 37.4 Å². The van der Waals surface area contributed by atoms with Crippen molar-refractivity contribution in [1.29, 1.82) is 0 Å². The minimum absolute atomic E-state index is 0.816. The lowest BCUT2D eigenvalue weighted by Gasteiger charge is -2.24. The SMILES string of the molecule is CCCN(Cc1ccc(N)cc1)c1ccc2c(n1)CCC2. The van der Waals surface area contributed by atoms with E-state index in [9.17, 15) is 0 Å². The van der Waals surface area contributed by atoms with E-state index in [1.165, 1.54) is 29.7 Å². The first-order valence-corrected chi connectivity index (χ1v) is 7.84. The van der Waals surface area contributed by atoms with Gasteiger partial charge in [-0.25, -0.2) is 4.98 Å². The van der Waals surface area contributed by atoms with Crippen LogP contribution in [0, 0.1) is 0 Å². The summed E-state index contributed by atoms with van der Waals surface area (Å²) in [4.78, 5) is 7.25. The van der Waals surface area contributed by atoms with Crippen molar-refractivity contribution in [1.82, 2.24) is 4.98 Å². The van der Waals surface area contributed by atoms with E-state index in [4.69, 9.17) is 10.7 Å². The van der Waals surface area contributed by atoms with Gasteiger partial charge in [0.15, 0.2) is 0 Å². The minimum atomic E-state index is 0.816. The predicted octanol–water partition coefficient (Wildman–Crippen LogP) is 3.57. The number of fused-ring (bicyclic) bond motifs is 1. The van der Waals surface area contributed by atoms with Crippen LogP contribution in [0.1, 0.15) is 36.6 Å². The molecule has 0 spiro atoms. The molecule has 0 amide bonds. The molecule has 1 aromatic heterocycles. The molecule has 0 radical (unpaired) electrons. The smallest absolute Gasteiger partial charge is 0.129 e. The number of nitrogen functional groups attached to an aromatic ring is 1. The second-order valence-corrected chi connectivity index (χ2v) is 5.79. The monoisotopic (exact) mass is 281 g/mol. The third kappa shape index (κ3) is 3.18. The summed E-state index contributed by atoms with van der Waals surface area (Å²) in [6.45, 7) is 4.12. The second-order valence-electron chi connectivity index (χ2n) is 5.79. The first kappa shape index (κ1) is 13.9. The summed E-state index contributed by atoms with van der Waals surface area (Å²) >= 11 is 0. The van der Waals surface area contributed by atoms with Gasteiger partial charge in [-0.05, 0) is 55.0 Å². The highest BCUT2D eigenvalue weighted by molar-refractivity contribution is 5.45. The van der Waals surface area contributed by atoms with E-state index < -0.39 is 0 Å². The van der Waals surface area contributed by atoms with Crippen LogP contribution >= 0.6 is 0 Å². The molecule has 3 heteroatoms. The molecule has 1 aliphatic rings. The Kier molecular flexibility index (Phi) is 4.09. The summed E-state index contributed by atoms with van der Waals surface area (Å²) < 4.78 is 0. The van der Waals surface area contributed by atoms with Gasteiger partial charge in [-0.15, -0.1) is 0 Å². The van der Waals surface area contributed by atoms with Gasteiger partial charge in [0.05, 0.1) is 0 Å². The molecule has 2 aromatic rings. The van der Waals surface area contributed by atoms with Crippen LogP contribution in [0.15, 0.2) is 36.4 Å². The van der Waals surface area contributed by atoms with Gasteiger partial charge in [-0.3, -0.25) is 0 Å². The molecule has 1 aliphatic carbocycles. The molecule has 1 aromatic carbocycles. The molecule has 0 saturated heterocycles. The Bertz CT molecular complexity index is 604. The molecule has 21 heavy (non-hydrogen) atoms. The largest absolute Gasteiger partial charge is 0.399 e. The number of rotatable bonds is 5. The lowest BCUT2D eigenvalue weighted by atomic mass is 10.2. The Labute approximate surface area is 126 Å². The van der Waals surface area contributed by atoms with Crippen molar-refractivity contribution in [3.8, 4) is 0 Å². The van der Waals surface area contributed by atoms with E-state index in [0.29, 0.717) is 0 Å². The average Bonchev–Trinajstić information content (AvgIpc) is 2.96. The number of nitrogens with zero attached hydrogens (tertiary/aromatic N) is 2. The van der Waals surface area contributed by atoms with Crippen LogP contribution in [0.3, 0.4) is 0 Å². The summed E-state index contributed by atoms with van der Waals surface area (Å²) in [7, 11) is 0. The first-order chi connectivity index (χ1) is 10.3. The van der Waals surface area contributed by atoms with Gasteiger partial charge < -0.3 is 10.6 Å². The molecule has 2 N–H and O–H groups in total. The summed E-state index contributed by atoms with van der Waals surface area (Å²) in [5, 5.41) is 0. The quantitative estimate of drug-likeness (QED) is 0.852. The number of aryl methyl sites for hydroxylation is 2. The molecule has 1 heterocycles. The van der Waals surface area contributed by atoms with E-state index >= 15 is 0 Å². The standard InChI is InChI=1S/C18H23N3/c1-2-12-21(13-14-6-9-16(19)10-7-14)18-11-8-15-4-3-5-17(15)20-18/h6-11H,2-5,12-13,19H2,1H3. The molecule has 0 atom stereocenters. The number of nitrogens with two attached hydrogens (primary N) is 1. The van der Waals surface area contributed by atoms with E-state index in [1.807, 2.05) is 12.1 Å². The van der Waals surface area contributed by atoms with Crippen LogP contribution in [-0.4, -0.2) is 11.5 Å². The van der Waals surface area contributed by atoms with Crippen molar-refractivity contribution in [2.75, 3.05) is 17.2 Å². The Morgan fingerprint density at radius 3 is 2.67 bits per heavy atom. The van der Waals surface area contributed by atoms with Crippen LogP contribution < -0.4 is 10.6 Å². The second kappa shape index (κ2) is 6.17. The number of aromatic nitrogens is 1. The van der Waals surface area contributed by atoms with Crippen LogP contribution in [0.2, 0.25) is 0 Å². The van der Waals surface area contributed by atoms with Gasteiger partial charge in [-0.1, -0.05) is 25.1 Å². The third-order valence-electron chi connectivity index (χ3n) is 4.08. The average molecular weight is 281 g/mol. The number of hydrogen-bond donors (Lipinski definition) is 1. The number of pyridine rings is 1. The highest BCUT2D eigenvalue weighted by Crippen LogP contribution is 2.24. The van der Waals surface area contributed by atoms with Gasteiger partial charge in [0, 0.05) is 24.5 Å². The fourth-order valence-corrected chi connectivity index (χ4v) is 2.97. The predicted molar refractivity (Wildman–Crippen MR) is 88.5 cm³/mol. The summed E-state index contributed by atoms with van der Waals surface area (Å²) in [5.41, 5.74) is 10.6. The molecular formula is C18H23N3. The Morgan fingerprint density at radius 2 is 1.90 bits per heavy atom. The van der Waals surface area contributed by atoms with E-state index in [1.54, 1.807) is 0 Å². The topological polar surface area (TPSA) is 42.1 Å². The maximum absolute atomic E-state index is 5.76. The van der Waals surface area contributed by atoms with E-state index in [-0.39, 0.29) is 0 Å². The normalized spacial score (nSPS) is 13.2. The van der Waals surface area contributed by atoms with Crippen molar-refractivity contribution in [2.45, 2.75) is 39.2 Å². The molecule has 3 nitrogen and oxygen atoms in total. The van der Waals surface area contributed by atoms with Gasteiger partial charge in [0.2, 0.25) is 0 Å². The molecule has 3 rings (SSSR count). The van der Waals surface area contributed by atoms with E-state index in [2.05, 4.69) is 36.1 Å². The number of anilines is 2. The lowest BCUT2D eigenvalue weighted by molar-refractivity contribution is 0.751. The molecular weight excluding hydrogens is 258 g/mol. The molecule has 0 fully saturated rings. The fourth-order valence-electron chi connectivity index (χ4n) is 2.97. The van der Waals surface area contributed by atoms with Crippen LogP contribution in [0.5, 0.6) is 0 Å². The van der Waals surface area contributed by atoms with Gasteiger partial charge in [0.25, 0.3) is 0 Å². The van der Waals surface area contributed by atoms with Crippen molar-refractivity contribution < 1.29 is 0 Å². The fraction of sp³-hybridized carbons (Fsp3) is 0.389. The van der Waals surface area contributed by atoms with Gasteiger partial charge in [0.1, 0.15) is 5.82 Å². The highest BCUT2D eigenvalue weighted by Gasteiger charge is 2.15. The van der Waals surface area contributed by atoms with Crippen molar-refractivity contribution in [2.24, 2.45) is 0 Å². The van der Waals surface area contributed by atoms with Crippen molar-refractivity contribution in [3.63, 3.8) is 0 Å². The summed E-state index contributed by atoms with van der Waals surface area (Å²) in [6.07, 6.45) is 4.69. The molecule has 0 bridgehead atoms. The minimum Gasteiger partial charge on any atom is -0.399 e. The maximum atomic E-state index is 5.76. The number of hydrogen-bond acceptors (Lipinski definition) is 3. The Hall–Kier alpha value is -2.03. The maximum Gasteiger partial charge on any atom is 0.129 e. The zero-order valence-electron chi connectivity index (χ0n) is 12.7. The van der Waals surface area contributed by atoms with Crippen molar-refractivity contribution in [3.05, 3.63) is 53.2 Å². The highest BCUT2D eigenvalue weighted by atomic mass is 15.2. The van der Waals surface area contributed by atoms with Gasteiger partial charge >= 0.3 is 0 Å². The molecule has 0 unspecified atom stereocenters. The first-order valence-electron chi connectivity index (χ1n) is 7.84. The zero-order chi connectivity index (χ0) is 14.7. The Balaban J connectivity index is 1.82. The van der Waals surface area contributed by atoms with Crippen LogP contribution in [0.4, 0.5) is 11.5 Å². The summed E-state index contributed by atoms with van der Waals surface area (Å²) in [6, 6.07) is 12.6. The molecule has 110 valence electrons. The lowest BCUT2D eigenvalue weighted by Crippen LogP contribution is -2.24. The number of benzene rings is 1. The summed E-state index contributed by atoms with van der Waals surface area (Å²) in [5.74, 6) is 1.11. The third-order valence-corrected chi connectivity index (χ3v) is 4.08.